The smallest absolute Gasteiger partial charge is 0.407 e. The first-order chi connectivity index (χ1) is 15.2. The second-order valence-corrected chi connectivity index (χ2v) is 9.22. The molecular weight excluding hydrogens is 430 g/mol. The van der Waals surface area contributed by atoms with E-state index in [9.17, 15) is 19.2 Å². The number of ether oxygens (including phenoxy) is 3. The number of benzene rings is 1. The molecule has 1 rings (SSSR count). The highest BCUT2D eigenvalue weighted by Crippen LogP contribution is 2.10. The molecular formula is C23H35N3O7. The van der Waals surface area contributed by atoms with Crippen LogP contribution in [0, 0.1) is 0 Å². The van der Waals surface area contributed by atoms with Crippen molar-refractivity contribution < 1.29 is 33.4 Å². The number of amides is 3. The van der Waals surface area contributed by atoms with Crippen molar-refractivity contribution >= 4 is 24.1 Å². The lowest BCUT2D eigenvalue weighted by Gasteiger charge is -2.25. The van der Waals surface area contributed by atoms with Crippen molar-refractivity contribution in [2.75, 3.05) is 33.3 Å². The molecule has 0 fully saturated rings. The quantitative estimate of drug-likeness (QED) is 0.447. The van der Waals surface area contributed by atoms with Gasteiger partial charge in [-0.05, 0) is 65.8 Å². The third kappa shape index (κ3) is 11.2. The summed E-state index contributed by atoms with van der Waals surface area (Å²) >= 11 is 0. The molecule has 1 aromatic carbocycles. The van der Waals surface area contributed by atoms with Gasteiger partial charge in [0.15, 0.2) is 0 Å². The van der Waals surface area contributed by atoms with Gasteiger partial charge in [-0.2, -0.15) is 0 Å². The molecule has 10 heteroatoms. The van der Waals surface area contributed by atoms with E-state index in [1.165, 1.54) is 36.3 Å². The summed E-state index contributed by atoms with van der Waals surface area (Å²) in [7, 11) is 1.28. The lowest BCUT2D eigenvalue weighted by atomic mass is 10.1. The number of alkyl carbamates (subject to hydrolysis) is 2. The average Bonchev–Trinajstić information content (AvgIpc) is 2.69. The van der Waals surface area contributed by atoms with Crippen molar-refractivity contribution in [1.29, 1.82) is 0 Å². The Labute approximate surface area is 194 Å². The SMILES string of the molecule is COC(=O)c1ccc(C(=O)N(CCNC(=O)OC(C)(C)C)CCNC(=O)OC(C)(C)C)cc1. The van der Waals surface area contributed by atoms with Crippen LogP contribution < -0.4 is 10.6 Å². The zero-order valence-electron chi connectivity index (χ0n) is 20.4. The predicted octanol–water partition coefficient (Wildman–Crippen LogP) is 2.96. The summed E-state index contributed by atoms with van der Waals surface area (Å²) in [5.74, 6) is -0.836. The topological polar surface area (TPSA) is 123 Å². The summed E-state index contributed by atoms with van der Waals surface area (Å²) in [5, 5.41) is 5.22. The number of methoxy groups -OCH3 is 1. The highest BCUT2D eigenvalue weighted by Gasteiger charge is 2.20. The van der Waals surface area contributed by atoms with Gasteiger partial charge in [0.25, 0.3) is 5.91 Å². The fraction of sp³-hybridized carbons (Fsp3) is 0.565. The first kappa shape index (κ1) is 27.7. The standard InChI is InChI=1S/C23H35N3O7/c1-22(2,3)32-20(29)24-12-14-26(15-13-25-21(30)33-23(4,5)6)18(27)16-8-10-17(11-9-16)19(28)31-7/h8-11H,12-15H2,1-7H3,(H,24,29)(H,25,30). The average molecular weight is 466 g/mol. The highest BCUT2D eigenvalue weighted by molar-refractivity contribution is 5.96. The molecule has 0 atom stereocenters. The van der Waals surface area contributed by atoms with E-state index in [4.69, 9.17) is 9.47 Å². The fourth-order valence-electron chi connectivity index (χ4n) is 2.58. The van der Waals surface area contributed by atoms with Gasteiger partial charge in [-0.3, -0.25) is 4.79 Å². The van der Waals surface area contributed by atoms with Gasteiger partial charge in [-0.25, -0.2) is 14.4 Å². The molecule has 0 aliphatic heterocycles. The van der Waals surface area contributed by atoms with Crippen LogP contribution in [0.2, 0.25) is 0 Å². The first-order valence-corrected chi connectivity index (χ1v) is 10.6. The summed E-state index contributed by atoms with van der Waals surface area (Å²) in [6.45, 7) is 11.2. The normalized spacial score (nSPS) is 11.2. The molecule has 0 radical (unpaired) electrons. The maximum absolute atomic E-state index is 13.0. The Morgan fingerprint density at radius 1 is 0.758 bits per heavy atom. The summed E-state index contributed by atoms with van der Waals surface area (Å²) < 4.78 is 15.1. The number of carbonyl (C=O) groups excluding carboxylic acids is 4. The van der Waals surface area contributed by atoms with Crippen LogP contribution in [0.5, 0.6) is 0 Å². The molecule has 0 heterocycles. The molecule has 0 aromatic heterocycles. The summed E-state index contributed by atoms with van der Waals surface area (Å²) in [4.78, 5) is 49.9. The zero-order valence-corrected chi connectivity index (χ0v) is 20.4. The van der Waals surface area contributed by atoms with Gasteiger partial charge in [0, 0.05) is 31.7 Å². The van der Waals surface area contributed by atoms with Crippen molar-refractivity contribution in [2.24, 2.45) is 0 Å². The molecule has 0 aliphatic rings. The van der Waals surface area contributed by atoms with Crippen molar-refractivity contribution in [3.05, 3.63) is 35.4 Å². The molecule has 0 unspecified atom stereocenters. The third-order valence-corrected chi connectivity index (χ3v) is 3.94. The summed E-state index contributed by atoms with van der Waals surface area (Å²) in [6.07, 6.45) is -1.19. The van der Waals surface area contributed by atoms with E-state index >= 15 is 0 Å². The van der Waals surface area contributed by atoms with Gasteiger partial charge in [-0.15, -0.1) is 0 Å². The van der Waals surface area contributed by atoms with E-state index in [1.807, 2.05) is 0 Å². The van der Waals surface area contributed by atoms with E-state index in [-0.39, 0.29) is 32.1 Å². The van der Waals surface area contributed by atoms with Crippen LogP contribution in [0.1, 0.15) is 62.3 Å². The number of hydrogen-bond donors (Lipinski definition) is 2. The van der Waals surface area contributed by atoms with Crippen LogP contribution in [0.15, 0.2) is 24.3 Å². The molecule has 0 spiro atoms. The lowest BCUT2D eigenvalue weighted by Crippen LogP contribution is -2.44. The van der Waals surface area contributed by atoms with Crippen LogP contribution in [-0.2, 0) is 14.2 Å². The van der Waals surface area contributed by atoms with Crippen LogP contribution in [0.3, 0.4) is 0 Å². The molecule has 33 heavy (non-hydrogen) atoms. The Hall–Kier alpha value is -3.30. The number of rotatable bonds is 8. The number of nitrogens with zero attached hydrogens (tertiary/aromatic N) is 1. The Balaban J connectivity index is 2.80. The van der Waals surface area contributed by atoms with Gasteiger partial charge in [0.2, 0.25) is 0 Å². The van der Waals surface area contributed by atoms with Gasteiger partial charge in [-0.1, -0.05) is 0 Å². The summed E-state index contributed by atoms with van der Waals surface area (Å²) in [6, 6.07) is 6.03. The Bertz CT molecular complexity index is 790. The van der Waals surface area contributed by atoms with E-state index in [0.29, 0.717) is 11.1 Å². The van der Waals surface area contributed by atoms with E-state index in [2.05, 4.69) is 15.4 Å². The van der Waals surface area contributed by atoms with Crippen LogP contribution in [0.4, 0.5) is 9.59 Å². The fourth-order valence-corrected chi connectivity index (χ4v) is 2.58. The van der Waals surface area contributed by atoms with E-state index < -0.39 is 29.4 Å². The molecule has 3 amide bonds. The van der Waals surface area contributed by atoms with E-state index in [0.717, 1.165) is 0 Å². The van der Waals surface area contributed by atoms with Gasteiger partial charge >= 0.3 is 18.2 Å². The second-order valence-electron chi connectivity index (χ2n) is 9.22. The molecule has 0 bridgehead atoms. The maximum Gasteiger partial charge on any atom is 0.407 e. The minimum Gasteiger partial charge on any atom is -0.465 e. The second kappa shape index (κ2) is 12.1. The van der Waals surface area contributed by atoms with Crippen molar-refractivity contribution in [3.63, 3.8) is 0 Å². The molecule has 0 saturated heterocycles. The van der Waals surface area contributed by atoms with Gasteiger partial charge < -0.3 is 29.7 Å². The molecule has 10 nitrogen and oxygen atoms in total. The highest BCUT2D eigenvalue weighted by atomic mass is 16.6. The van der Waals surface area contributed by atoms with Gasteiger partial charge in [0.1, 0.15) is 11.2 Å². The molecule has 0 saturated carbocycles. The monoisotopic (exact) mass is 465 g/mol. The Morgan fingerprint density at radius 3 is 1.52 bits per heavy atom. The van der Waals surface area contributed by atoms with Crippen molar-refractivity contribution in [2.45, 2.75) is 52.7 Å². The van der Waals surface area contributed by atoms with Gasteiger partial charge in [0.05, 0.1) is 12.7 Å². The summed E-state index contributed by atoms with van der Waals surface area (Å²) in [5.41, 5.74) is -0.618. The number of esters is 1. The first-order valence-electron chi connectivity index (χ1n) is 10.6. The Morgan fingerprint density at radius 2 is 1.15 bits per heavy atom. The molecule has 1 aromatic rings. The van der Waals surface area contributed by atoms with Crippen LogP contribution in [0.25, 0.3) is 0 Å². The zero-order chi connectivity index (χ0) is 25.2. The third-order valence-electron chi connectivity index (χ3n) is 3.94. The number of carbonyl (C=O) groups is 4. The maximum atomic E-state index is 13.0. The molecule has 184 valence electrons. The number of nitrogens with one attached hydrogen (secondary N) is 2. The van der Waals surface area contributed by atoms with Crippen LogP contribution in [-0.4, -0.2) is 73.5 Å². The number of hydrogen-bond acceptors (Lipinski definition) is 7. The van der Waals surface area contributed by atoms with E-state index in [1.54, 1.807) is 41.5 Å². The van der Waals surface area contributed by atoms with Crippen molar-refractivity contribution in [3.8, 4) is 0 Å². The lowest BCUT2D eigenvalue weighted by molar-refractivity contribution is 0.0507. The minimum atomic E-state index is -0.641. The Kier molecular flexibility index (Phi) is 10.2. The minimum absolute atomic E-state index is 0.146. The molecule has 2 N–H and O–H groups in total. The predicted molar refractivity (Wildman–Crippen MR) is 122 cm³/mol. The van der Waals surface area contributed by atoms with Crippen LogP contribution >= 0.6 is 0 Å². The molecule has 0 aliphatic carbocycles. The van der Waals surface area contributed by atoms with Crippen molar-refractivity contribution in [1.82, 2.24) is 15.5 Å². The largest absolute Gasteiger partial charge is 0.465 e.